The van der Waals surface area contributed by atoms with Gasteiger partial charge in [0.2, 0.25) is 0 Å². The van der Waals surface area contributed by atoms with Crippen molar-refractivity contribution in [1.29, 1.82) is 0 Å². The average molecular weight is 260 g/mol. The van der Waals surface area contributed by atoms with Crippen LogP contribution in [0.4, 0.5) is 0 Å². The van der Waals surface area contributed by atoms with Crippen molar-refractivity contribution < 1.29 is 8.42 Å². The third-order valence-electron chi connectivity index (χ3n) is 4.18. The largest absolute Gasteiger partial charge is 0.316 e. The zero-order valence-corrected chi connectivity index (χ0v) is 11.9. The molecule has 17 heavy (non-hydrogen) atoms. The summed E-state index contributed by atoms with van der Waals surface area (Å²) >= 11 is 0. The quantitative estimate of drug-likeness (QED) is 0.785. The molecule has 1 unspecified atom stereocenters. The fourth-order valence-corrected chi connectivity index (χ4v) is 4.35. The molecule has 0 aromatic heterocycles. The Morgan fingerprint density at radius 1 is 1.29 bits per heavy atom. The molecule has 1 atom stereocenters. The van der Waals surface area contributed by atoms with Crippen LogP contribution >= 0.6 is 0 Å². The molecular weight excluding hydrogens is 236 g/mol. The van der Waals surface area contributed by atoms with Crippen LogP contribution in [0, 0.1) is 5.41 Å². The van der Waals surface area contributed by atoms with Crippen LogP contribution in [0.2, 0.25) is 0 Å². The highest BCUT2D eigenvalue weighted by Gasteiger charge is 2.42. The van der Waals surface area contributed by atoms with Crippen LogP contribution in [-0.2, 0) is 9.84 Å². The van der Waals surface area contributed by atoms with Crippen LogP contribution < -0.4 is 5.32 Å². The van der Waals surface area contributed by atoms with E-state index in [1.807, 2.05) is 13.8 Å². The zero-order valence-electron chi connectivity index (χ0n) is 11.1. The molecule has 0 amide bonds. The van der Waals surface area contributed by atoms with Gasteiger partial charge in [-0.15, -0.1) is 0 Å². The van der Waals surface area contributed by atoms with Gasteiger partial charge in [0, 0.05) is 26.2 Å². The smallest absolute Gasteiger partial charge is 0.157 e. The molecule has 100 valence electrons. The van der Waals surface area contributed by atoms with E-state index in [-0.39, 0.29) is 0 Å². The van der Waals surface area contributed by atoms with E-state index in [1.165, 1.54) is 6.42 Å². The van der Waals surface area contributed by atoms with Crippen LogP contribution in [0.3, 0.4) is 0 Å². The normalized spacial score (nSPS) is 37.1. The van der Waals surface area contributed by atoms with Gasteiger partial charge in [0.25, 0.3) is 0 Å². The maximum Gasteiger partial charge on any atom is 0.157 e. The Morgan fingerprint density at radius 3 is 2.53 bits per heavy atom. The summed E-state index contributed by atoms with van der Waals surface area (Å²) in [6, 6.07) is 0. The number of rotatable bonds is 2. The van der Waals surface area contributed by atoms with Gasteiger partial charge in [0.15, 0.2) is 9.84 Å². The predicted octanol–water partition coefficient (Wildman–Crippen LogP) is 0.495. The fourth-order valence-electron chi connectivity index (χ4n) is 2.92. The van der Waals surface area contributed by atoms with E-state index in [1.54, 1.807) is 0 Å². The first-order chi connectivity index (χ1) is 7.74. The molecule has 0 aromatic carbocycles. The molecule has 5 heteroatoms. The van der Waals surface area contributed by atoms with E-state index in [9.17, 15) is 8.42 Å². The van der Waals surface area contributed by atoms with Crippen LogP contribution in [0.25, 0.3) is 0 Å². The van der Waals surface area contributed by atoms with Crippen LogP contribution in [0.15, 0.2) is 0 Å². The van der Waals surface area contributed by atoms with Gasteiger partial charge < -0.3 is 10.2 Å². The summed E-state index contributed by atoms with van der Waals surface area (Å²) in [6.07, 6.45) is 1.19. The molecule has 2 rings (SSSR count). The molecule has 1 N–H and O–H groups in total. The van der Waals surface area contributed by atoms with E-state index in [4.69, 9.17) is 0 Å². The van der Waals surface area contributed by atoms with Gasteiger partial charge in [-0.05, 0) is 32.2 Å². The van der Waals surface area contributed by atoms with Crippen LogP contribution in [0.1, 0.15) is 27.2 Å². The molecule has 2 fully saturated rings. The maximum atomic E-state index is 11.9. The Hall–Kier alpha value is -0.130. The number of nitrogens with zero attached hydrogens (tertiary/aromatic N) is 1. The summed E-state index contributed by atoms with van der Waals surface area (Å²) in [4.78, 5) is 2.33. The summed E-state index contributed by atoms with van der Waals surface area (Å²) in [5.41, 5.74) is 0.317. The first-order valence-electron chi connectivity index (χ1n) is 6.40. The van der Waals surface area contributed by atoms with Gasteiger partial charge in [0.1, 0.15) is 0 Å². The van der Waals surface area contributed by atoms with Crippen molar-refractivity contribution in [2.24, 2.45) is 5.41 Å². The number of hydrogen-bond donors (Lipinski definition) is 1. The Kier molecular flexibility index (Phi) is 3.30. The molecule has 0 spiro atoms. The Balaban J connectivity index is 2.01. The van der Waals surface area contributed by atoms with Crippen molar-refractivity contribution in [3.05, 3.63) is 0 Å². The minimum absolute atomic E-state index is 0.309. The summed E-state index contributed by atoms with van der Waals surface area (Å²) in [6.45, 7) is 10.5. The zero-order chi connectivity index (χ0) is 12.7. The Morgan fingerprint density at radius 2 is 2.00 bits per heavy atom. The molecule has 2 aliphatic rings. The predicted molar refractivity (Wildman–Crippen MR) is 69.9 cm³/mol. The molecule has 0 bridgehead atoms. The molecule has 2 aliphatic heterocycles. The number of nitrogens with one attached hydrogen (secondary N) is 1. The first-order valence-corrected chi connectivity index (χ1v) is 8.05. The van der Waals surface area contributed by atoms with Gasteiger partial charge in [-0.3, -0.25) is 0 Å². The highest BCUT2D eigenvalue weighted by molar-refractivity contribution is 7.92. The molecular formula is C12H24N2O2S. The lowest BCUT2D eigenvalue weighted by Crippen LogP contribution is -2.55. The van der Waals surface area contributed by atoms with E-state index in [2.05, 4.69) is 17.1 Å². The fraction of sp³-hybridized carbons (Fsp3) is 1.00. The minimum atomic E-state index is -2.90. The topological polar surface area (TPSA) is 49.4 Å². The lowest BCUT2D eigenvalue weighted by atomic mass is 9.89. The second-order valence-corrected chi connectivity index (χ2v) is 9.27. The van der Waals surface area contributed by atoms with E-state index in [0.29, 0.717) is 24.3 Å². The molecule has 0 saturated carbocycles. The number of hydrogen-bond acceptors (Lipinski definition) is 4. The van der Waals surface area contributed by atoms with E-state index >= 15 is 0 Å². The maximum absolute atomic E-state index is 11.9. The van der Waals surface area contributed by atoms with Crippen molar-refractivity contribution >= 4 is 9.84 Å². The highest BCUT2D eigenvalue weighted by atomic mass is 32.2. The Labute approximate surface area is 105 Å². The summed E-state index contributed by atoms with van der Waals surface area (Å²) in [7, 11) is -2.90. The number of sulfone groups is 1. The van der Waals surface area contributed by atoms with Crippen molar-refractivity contribution in [1.82, 2.24) is 10.2 Å². The minimum Gasteiger partial charge on any atom is -0.316 e. The molecule has 2 saturated heterocycles. The van der Waals surface area contributed by atoms with Gasteiger partial charge in [-0.2, -0.15) is 0 Å². The lowest BCUT2D eigenvalue weighted by Gasteiger charge is -2.41. The first kappa shape index (κ1) is 13.3. The Bertz CT molecular complexity index is 383. The van der Waals surface area contributed by atoms with Crippen LogP contribution in [-0.4, -0.2) is 56.5 Å². The van der Waals surface area contributed by atoms with E-state index in [0.717, 1.165) is 19.6 Å². The van der Waals surface area contributed by atoms with Crippen molar-refractivity contribution in [2.75, 3.05) is 38.5 Å². The van der Waals surface area contributed by atoms with Crippen molar-refractivity contribution in [3.63, 3.8) is 0 Å². The summed E-state index contributed by atoms with van der Waals surface area (Å²) in [5, 5.41) is 3.39. The molecule has 2 heterocycles. The highest BCUT2D eigenvalue weighted by Crippen LogP contribution is 2.30. The lowest BCUT2D eigenvalue weighted by molar-refractivity contribution is 0.166. The average Bonchev–Trinajstić information content (AvgIpc) is 2.59. The molecule has 4 nitrogen and oxygen atoms in total. The third kappa shape index (κ3) is 2.66. The molecule has 0 aliphatic carbocycles. The second kappa shape index (κ2) is 4.21. The summed E-state index contributed by atoms with van der Waals surface area (Å²) in [5.74, 6) is 0.309. The van der Waals surface area contributed by atoms with Gasteiger partial charge in [-0.1, -0.05) is 6.92 Å². The van der Waals surface area contributed by atoms with Crippen molar-refractivity contribution in [3.8, 4) is 0 Å². The van der Waals surface area contributed by atoms with Gasteiger partial charge in [0.05, 0.1) is 10.5 Å². The summed E-state index contributed by atoms with van der Waals surface area (Å²) < 4.78 is 23.3. The van der Waals surface area contributed by atoms with E-state index < -0.39 is 14.6 Å². The monoisotopic (exact) mass is 260 g/mol. The van der Waals surface area contributed by atoms with Gasteiger partial charge in [-0.25, -0.2) is 8.42 Å². The standard InChI is InChI=1S/C12H24N2O2S/c1-11(2)9-14(6-7-17(11,15)16)10-12(3)4-5-13-8-12/h13H,4-10H2,1-3H3. The molecule has 0 aromatic rings. The van der Waals surface area contributed by atoms with Crippen molar-refractivity contribution in [2.45, 2.75) is 31.9 Å². The van der Waals surface area contributed by atoms with Gasteiger partial charge >= 0.3 is 0 Å². The molecule has 0 radical (unpaired) electrons. The third-order valence-corrected chi connectivity index (χ3v) is 6.72. The SMILES string of the molecule is CC1(CN2CCS(=O)(=O)C(C)(C)C2)CCNC1. The van der Waals surface area contributed by atoms with Crippen LogP contribution in [0.5, 0.6) is 0 Å². The second-order valence-electron chi connectivity index (χ2n) is 6.53.